The van der Waals surface area contributed by atoms with Crippen molar-refractivity contribution >= 4 is 54.7 Å². The standard InChI is InChI=1S/C21H44BFN2O38P6.12C2H4/c1-64(26,27)45-8-2-39-55-61-58-42-6-12-49-68(35,36)53-18-21(15-25-23)19-54-69(37,38)50-13-7-44-60-63-57-41-4-10-47-66(31,32)46-9-3-40-56-62-59-43-5-11-48-67(33,34)52-17-20(14-24-22)16-51-65(28,29)30;12*1-2/h2-3,7-9,13,20-21,24-25H,4-6,10-12,14-19H2,1H3,(H,26,27)(H,31,32)(H,33,34)(H,35,36)(H,37,38)(H2,28,29,30);12*1-2H2/p-6/b8-2+,9-3-,13-7+;;;;;;;;;;;;. The third-order valence-electron chi connectivity index (χ3n) is 5.29. The van der Waals surface area contributed by atoms with E-state index in [-0.39, 0.29) is 6.54 Å². The van der Waals surface area contributed by atoms with Crippen molar-refractivity contribution in [3.05, 3.63) is 195 Å². The minimum absolute atomic E-state index is 0.175. The van der Waals surface area contributed by atoms with Crippen LogP contribution in [0.3, 0.4) is 0 Å². The lowest BCUT2D eigenvalue weighted by Crippen LogP contribution is -2.29. The van der Waals surface area contributed by atoms with Gasteiger partial charge >= 0.3 is 15.6 Å². The van der Waals surface area contributed by atoms with Gasteiger partial charge in [-0.2, -0.15) is 5.54 Å². The molecule has 0 aliphatic heterocycles. The van der Waals surface area contributed by atoms with E-state index in [4.69, 9.17) is 12.9 Å². The van der Waals surface area contributed by atoms with E-state index in [2.05, 4.69) is 283 Å². The van der Waals surface area contributed by atoms with Crippen molar-refractivity contribution in [3.8, 4) is 0 Å². The average molecular weight is 1480 g/mol. The van der Waals surface area contributed by atoms with Crippen LogP contribution in [0.15, 0.2) is 195 Å². The van der Waals surface area contributed by atoms with Crippen LogP contribution in [0.1, 0.15) is 0 Å². The maximum atomic E-state index is 12.7. The van der Waals surface area contributed by atoms with E-state index in [0.29, 0.717) is 37.6 Å². The summed E-state index contributed by atoms with van der Waals surface area (Å²) in [6, 6.07) is 0. The van der Waals surface area contributed by atoms with Crippen LogP contribution in [0.25, 0.3) is 0 Å². The van der Waals surface area contributed by atoms with Gasteiger partial charge in [0.15, 0.2) is 34.4 Å². The normalized spacial score (nSPS) is 14.1. The first-order chi connectivity index (χ1) is 44.4. The van der Waals surface area contributed by atoms with Gasteiger partial charge in [-0.25, -0.2) is 14.7 Å². The fraction of sp³-hybridized carbons (Fsp3) is 0.333. The van der Waals surface area contributed by atoms with E-state index >= 15 is 0 Å². The number of phosphoric ester groups is 5. The molecule has 550 valence electrons. The summed E-state index contributed by atoms with van der Waals surface area (Å²) in [6.07, 6.45) is 2.67. The van der Waals surface area contributed by atoms with Gasteiger partial charge in [0, 0.05) is 55.3 Å². The number of hydrogen-bond donors (Lipinski definition) is 3. The summed E-state index contributed by atoms with van der Waals surface area (Å²) in [7, 11) is -24.3. The Morgan fingerprint density at radius 2 is 0.634 bits per heavy atom. The lowest BCUT2D eigenvalue weighted by Gasteiger charge is -2.27. The Hall–Kier alpha value is -4.85. The third-order valence-corrected chi connectivity index (χ3v) is 9.93. The first-order valence-electron chi connectivity index (χ1n) is 23.1. The van der Waals surface area contributed by atoms with Gasteiger partial charge in [-0.15, -0.1) is 162 Å². The lowest BCUT2D eigenvalue weighted by atomic mass is 10.1. The second-order valence-corrected chi connectivity index (χ2v) is 19.2. The molecule has 8 unspecified atom stereocenters. The molecule has 0 saturated heterocycles. The van der Waals surface area contributed by atoms with Crippen molar-refractivity contribution in [3.63, 3.8) is 0 Å². The van der Waals surface area contributed by atoms with Gasteiger partial charge in [-0.3, -0.25) is 27.4 Å². The number of phosphoric acid groups is 5. The Morgan fingerprint density at radius 3 is 0.914 bits per heavy atom. The molecule has 0 aromatic rings. The first-order valence-corrected chi connectivity index (χ1v) is 32.4. The molecule has 93 heavy (non-hydrogen) atoms. The van der Waals surface area contributed by atoms with E-state index in [1.54, 1.807) is 0 Å². The van der Waals surface area contributed by atoms with Crippen LogP contribution in [-0.4, -0.2) is 98.7 Å². The minimum Gasteiger partial charge on any atom is -0.769 e. The smallest absolute Gasteiger partial charge is 0.319 e. The van der Waals surface area contributed by atoms with Crippen LogP contribution in [0.4, 0.5) is 4.48 Å². The summed E-state index contributed by atoms with van der Waals surface area (Å²) >= 11 is 0. The maximum Gasteiger partial charge on any atom is 0.319 e. The van der Waals surface area contributed by atoms with Crippen LogP contribution in [-0.2, 0) is 147 Å². The summed E-state index contributed by atoms with van der Waals surface area (Å²) < 4.78 is 125. The number of hydrogen-bond acceptors (Lipinski definition) is 39. The van der Waals surface area contributed by atoms with E-state index in [1.165, 1.54) is 0 Å². The molecule has 0 saturated carbocycles. The molecule has 3 N–H and O–H groups in total. The fourth-order valence-corrected chi connectivity index (χ4v) is 6.21. The second-order valence-electron chi connectivity index (χ2n) is 10.7. The highest BCUT2D eigenvalue weighted by Crippen LogP contribution is 2.42. The Morgan fingerprint density at radius 1 is 0.376 bits per heavy atom. The fourth-order valence-electron chi connectivity index (χ4n) is 2.80. The second kappa shape index (κ2) is 95.8. The minimum atomic E-state index is -5.19. The molecule has 0 aliphatic rings. The monoisotopic (exact) mass is 1480 g/mol. The molecule has 0 aliphatic carbocycles. The van der Waals surface area contributed by atoms with Crippen molar-refractivity contribution in [1.82, 2.24) is 10.8 Å². The summed E-state index contributed by atoms with van der Waals surface area (Å²) in [5.74, 6) is -2.23. The van der Waals surface area contributed by atoms with Gasteiger partial charge in [0.1, 0.15) is 38.6 Å². The summed E-state index contributed by atoms with van der Waals surface area (Å²) in [4.78, 5) is 102. The maximum absolute atomic E-state index is 12.7. The highest BCUT2D eigenvalue weighted by molar-refractivity contribution is 7.50. The molecule has 0 aromatic carbocycles. The van der Waals surface area contributed by atoms with Crippen molar-refractivity contribution in [2.45, 2.75) is 0 Å². The topological polar surface area (TPSA) is 516 Å². The van der Waals surface area contributed by atoms with E-state index in [9.17, 15) is 61.2 Å². The molecule has 0 heterocycles. The number of rotatable bonds is 49. The Kier molecular flexibility index (Phi) is 122. The van der Waals surface area contributed by atoms with Gasteiger partial charge in [0.05, 0.1) is 46.2 Å². The summed E-state index contributed by atoms with van der Waals surface area (Å²) in [6.45, 7) is 64.7. The lowest BCUT2D eigenvalue weighted by molar-refractivity contribution is -0.700. The van der Waals surface area contributed by atoms with E-state index < -0.39 is 131 Å². The Bertz CT molecular complexity index is 1900. The molecule has 40 nitrogen and oxygen atoms in total. The Balaban J connectivity index is -0.000000216. The SMILES string of the molecule is C=C.C=C.C=C.C=C.C=C.C=C.C=C.C=C.C=C.C=C.C=C.C=C.[B]NCC(COP(=O)([O-])O)COP(=O)([O-])OCCOOOOO/C=C\OP(=O)([O-])OCCOOOOO/C=C/OP(=O)([O-])OCC(CNF)COP(=O)([O-])OCCOOOOO/C=C/OP(C)(=O)[O-]. The largest absolute Gasteiger partial charge is 0.769 e. The molecule has 48 heteroatoms. The van der Waals surface area contributed by atoms with Gasteiger partial charge in [0.2, 0.25) is 0 Å². The van der Waals surface area contributed by atoms with Crippen molar-refractivity contribution < 1.29 is 186 Å². The molecule has 8 atom stereocenters. The van der Waals surface area contributed by atoms with Crippen LogP contribution in [0.5, 0.6) is 0 Å². The predicted molar refractivity (Wildman–Crippen MR) is 322 cm³/mol. The molecule has 0 bridgehead atoms. The van der Waals surface area contributed by atoms with Gasteiger partial charge in [-0.1, -0.05) is 0 Å². The van der Waals surface area contributed by atoms with Gasteiger partial charge in [-0.05, 0) is 21.7 Å². The predicted octanol–water partition coefficient (Wildman–Crippen LogP) is 6.32. The number of nitrogens with one attached hydrogen (secondary N) is 2. The zero-order chi connectivity index (χ0) is 76.0. The Labute approximate surface area is 543 Å². The highest BCUT2D eigenvalue weighted by Gasteiger charge is 2.20. The highest BCUT2D eigenvalue weighted by atomic mass is 31.2. The van der Waals surface area contributed by atoms with E-state index in [1.807, 2.05) is 0 Å². The quantitative estimate of drug-likeness (QED) is 0.00876. The molecule has 0 fully saturated rings. The zero-order valence-corrected chi connectivity index (χ0v) is 56.6. The summed E-state index contributed by atoms with van der Waals surface area (Å²) in [5, 5.41) is 37.2. The number of halogens is 1. The van der Waals surface area contributed by atoms with Crippen LogP contribution in [0, 0.1) is 11.8 Å². The van der Waals surface area contributed by atoms with Crippen molar-refractivity contribution in [2.75, 3.05) is 85.8 Å². The van der Waals surface area contributed by atoms with Gasteiger partial charge < -0.3 is 99.4 Å². The van der Waals surface area contributed by atoms with Gasteiger partial charge in [0.25, 0.3) is 23.5 Å². The van der Waals surface area contributed by atoms with Crippen LogP contribution >= 0.6 is 46.7 Å². The molecular weight excluding hydrogens is 1390 g/mol. The summed E-state index contributed by atoms with van der Waals surface area (Å²) in [5.41, 5.74) is 1.15. The third kappa shape index (κ3) is 118. The molecule has 0 spiro atoms. The zero-order valence-electron chi connectivity index (χ0n) is 51.3. The van der Waals surface area contributed by atoms with Crippen molar-refractivity contribution in [2.24, 2.45) is 11.8 Å². The average Bonchev–Trinajstić information content (AvgIpc) is 3.06. The first kappa shape index (κ1) is 119. The van der Waals surface area contributed by atoms with Crippen molar-refractivity contribution in [1.29, 1.82) is 0 Å². The molecule has 0 rings (SSSR count). The molecule has 2 radical (unpaired) electrons. The molecule has 0 amide bonds. The van der Waals surface area contributed by atoms with Crippen LogP contribution < -0.4 is 40.1 Å². The van der Waals surface area contributed by atoms with Crippen LogP contribution in [0.2, 0.25) is 0 Å². The molecular formula is C45H86BFN2O38P6-6. The molecule has 0 aromatic heterocycles. The van der Waals surface area contributed by atoms with E-state index in [0.717, 1.165) is 12.2 Å².